The van der Waals surface area contributed by atoms with Crippen LogP contribution >= 0.6 is 0 Å². The Morgan fingerprint density at radius 2 is 1.89 bits per heavy atom. The zero-order valence-electron chi connectivity index (χ0n) is 12.1. The maximum atomic E-state index is 12.0. The van der Waals surface area contributed by atoms with Crippen molar-refractivity contribution in [2.75, 3.05) is 12.3 Å². The van der Waals surface area contributed by atoms with Crippen molar-refractivity contribution < 1.29 is 4.21 Å². The van der Waals surface area contributed by atoms with Crippen molar-refractivity contribution in [2.24, 2.45) is 0 Å². The Balaban J connectivity index is 2.89. The van der Waals surface area contributed by atoms with Crippen LogP contribution in [0.5, 0.6) is 0 Å². The largest absolute Gasteiger partial charge is 0.309 e. The van der Waals surface area contributed by atoms with Gasteiger partial charge in [-0.15, -0.1) is 0 Å². The first-order valence-corrected chi connectivity index (χ1v) is 8.01. The van der Waals surface area contributed by atoms with Gasteiger partial charge in [0.25, 0.3) is 0 Å². The van der Waals surface area contributed by atoms with Gasteiger partial charge in [-0.05, 0) is 37.1 Å². The maximum absolute atomic E-state index is 12.0. The maximum Gasteiger partial charge on any atom is 0.0436 e. The summed E-state index contributed by atoms with van der Waals surface area (Å²) < 4.78 is 12.0. The highest BCUT2D eigenvalue weighted by Crippen LogP contribution is 2.19. The molecule has 0 saturated carbocycles. The molecule has 102 valence electrons. The van der Waals surface area contributed by atoms with E-state index in [1.54, 1.807) is 0 Å². The summed E-state index contributed by atoms with van der Waals surface area (Å²) in [7, 11) is -0.778. The number of aryl methyl sites for hydroxylation is 2. The molecular weight excluding hydrogens is 242 g/mol. The second kappa shape index (κ2) is 7.05. The third kappa shape index (κ3) is 4.21. The predicted molar refractivity (Wildman–Crippen MR) is 80.5 cm³/mol. The summed E-state index contributed by atoms with van der Waals surface area (Å²) in [6, 6.07) is 6.69. The Labute approximate surface area is 114 Å². The Morgan fingerprint density at radius 3 is 2.39 bits per heavy atom. The molecule has 0 aliphatic carbocycles. The summed E-state index contributed by atoms with van der Waals surface area (Å²) in [4.78, 5) is 0. The first-order valence-electron chi connectivity index (χ1n) is 6.63. The average molecular weight is 267 g/mol. The molecule has 0 fully saturated rings. The van der Waals surface area contributed by atoms with Gasteiger partial charge in [0.05, 0.1) is 0 Å². The second-order valence-corrected chi connectivity index (χ2v) is 7.09. The lowest BCUT2D eigenvalue weighted by atomic mass is 10.0. The standard InChI is InChI=1S/C15H25NOS/c1-6-16-15(10-18(17)11(2)3)14-8-7-12(4)13(5)9-14/h7-9,11,15-16H,6,10H2,1-5H3. The highest BCUT2D eigenvalue weighted by molar-refractivity contribution is 7.85. The molecule has 2 unspecified atom stereocenters. The Kier molecular flexibility index (Phi) is 6.03. The van der Waals surface area contributed by atoms with E-state index in [1.165, 1.54) is 16.7 Å². The normalized spacial score (nSPS) is 14.8. The van der Waals surface area contributed by atoms with Crippen LogP contribution in [0.4, 0.5) is 0 Å². The van der Waals surface area contributed by atoms with Crippen molar-refractivity contribution in [2.45, 2.75) is 45.9 Å². The molecule has 0 saturated heterocycles. The monoisotopic (exact) mass is 267 g/mol. The molecule has 0 aliphatic heterocycles. The van der Waals surface area contributed by atoms with Gasteiger partial charge in [-0.3, -0.25) is 4.21 Å². The number of benzene rings is 1. The van der Waals surface area contributed by atoms with Crippen LogP contribution in [0.2, 0.25) is 0 Å². The van der Waals surface area contributed by atoms with Crippen LogP contribution in [-0.2, 0) is 10.8 Å². The van der Waals surface area contributed by atoms with Crippen molar-refractivity contribution in [1.82, 2.24) is 5.32 Å². The summed E-state index contributed by atoms with van der Waals surface area (Å²) in [5.74, 6) is 0.688. The molecule has 1 N–H and O–H groups in total. The summed E-state index contributed by atoms with van der Waals surface area (Å²) in [5, 5.41) is 3.66. The number of hydrogen-bond acceptors (Lipinski definition) is 2. The molecule has 18 heavy (non-hydrogen) atoms. The molecular formula is C15H25NOS. The van der Waals surface area contributed by atoms with E-state index in [2.05, 4.69) is 44.3 Å². The van der Waals surface area contributed by atoms with Gasteiger partial charge in [0.2, 0.25) is 0 Å². The van der Waals surface area contributed by atoms with Crippen molar-refractivity contribution >= 4 is 10.8 Å². The lowest BCUT2D eigenvalue weighted by Crippen LogP contribution is -2.28. The SMILES string of the molecule is CCNC(CS(=O)C(C)C)c1ccc(C)c(C)c1. The molecule has 0 spiro atoms. The van der Waals surface area contributed by atoms with Crippen molar-refractivity contribution in [3.63, 3.8) is 0 Å². The fourth-order valence-corrected chi connectivity index (χ4v) is 2.88. The van der Waals surface area contributed by atoms with Gasteiger partial charge in [0, 0.05) is 27.8 Å². The summed E-state index contributed by atoms with van der Waals surface area (Å²) in [5.41, 5.74) is 3.85. The van der Waals surface area contributed by atoms with Crippen molar-refractivity contribution in [3.8, 4) is 0 Å². The van der Waals surface area contributed by atoms with Gasteiger partial charge in [-0.25, -0.2) is 0 Å². The van der Waals surface area contributed by atoms with E-state index in [0.717, 1.165) is 6.54 Å². The molecule has 2 atom stereocenters. The number of rotatable bonds is 6. The minimum absolute atomic E-state index is 0.192. The van der Waals surface area contributed by atoms with Crippen LogP contribution in [0.15, 0.2) is 18.2 Å². The Morgan fingerprint density at radius 1 is 1.22 bits per heavy atom. The minimum Gasteiger partial charge on any atom is -0.309 e. The van der Waals surface area contributed by atoms with Crippen LogP contribution in [-0.4, -0.2) is 21.8 Å². The molecule has 3 heteroatoms. The Hall–Kier alpha value is -0.670. The fraction of sp³-hybridized carbons (Fsp3) is 0.600. The zero-order chi connectivity index (χ0) is 13.7. The topological polar surface area (TPSA) is 29.1 Å². The van der Waals surface area contributed by atoms with Gasteiger partial charge in [0.15, 0.2) is 0 Å². The van der Waals surface area contributed by atoms with E-state index in [1.807, 2.05) is 13.8 Å². The smallest absolute Gasteiger partial charge is 0.0436 e. The molecule has 0 heterocycles. The van der Waals surface area contributed by atoms with Crippen LogP contribution in [0.25, 0.3) is 0 Å². The third-order valence-electron chi connectivity index (χ3n) is 3.24. The van der Waals surface area contributed by atoms with Gasteiger partial charge >= 0.3 is 0 Å². The molecule has 0 bridgehead atoms. The van der Waals surface area contributed by atoms with E-state index >= 15 is 0 Å². The predicted octanol–water partition coefficient (Wildman–Crippen LogP) is 3.11. The molecule has 1 aromatic rings. The summed E-state index contributed by atoms with van der Waals surface area (Å²) in [6.07, 6.45) is 0. The summed E-state index contributed by atoms with van der Waals surface area (Å²) in [6.45, 7) is 11.3. The van der Waals surface area contributed by atoms with E-state index in [-0.39, 0.29) is 11.3 Å². The lowest BCUT2D eigenvalue weighted by Gasteiger charge is -2.20. The zero-order valence-corrected chi connectivity index (χ0v) is 12.9. The van der Waals surface area contributed by atoms with Crippen LogP contribution < -0.4 is 5.32 Å². The molecule has 0 radical (unpaired) electrons. The van der Waals surface area contributed by atoms with Crippen LogP contribution in [0.1, 0.15) is 43.5 Å². The number of nitrogens with one attached hydrogen (secondary N) is 1. The first kappa shape index (κ1) is 15.4. The second-order valence-electron chi connectivity index (χ2n) is 5.05. The van der Waals surface area contributed by atoms with Crippen molar-refractivity contribution in [3.05, 3.63) is 34.9 Å². The minimum atomic E-state index is -0.778. The highest BCUT2D eigenvalue weighted by Gasteiger charge is 2.16. The van der Waals surface area contributed by atoms with Gasteiger partial charge in [-0.1, -0.05) is 39.0 Å². The molecule has 2 nitrogen and oxygen atoms in total. The van der Waals surface area contributed by atoms with Crippen LogP contribution in [0, 0.1) is 13.8 Å². The van der Waals surface area contributed by atoms with E-state index in [9.17, 15) is 4.21 Å². The Bertz CT molecular complexity index is 415. The van der Waals surface area contributed by atoms with E-state index in [4.69, 9.17) is 0 Å². The molecule has 1 aromatic carbocycles. The summed E-state index contributed by atoms with van der Waals surface area (Å²) >= 11 is 0. The molecule has 0 aromatic heterocycles. The van der Waals surface area contributed by atoms with E-state index < -0.39 is 10.8 Å². The van der Waals surface area contributed by atoms with Crippen molar-refractivity contribution in [1.29, 1.82) is 0 Å². The molecule has 1 rings (SSSR count). The lowest BCUT2D eigenvalue weighted by molar-refractivity contribution is 0.592. The quantitative estimate of drug-likeness (QED) is 0.858. The highest BCUT2D eigenvalue weighted by atomic mass is 32.2. The van der Waals surface area contributed by atoms with Gasteiger partial charge < -0.3 is 5.32 Å². The number of hydrogen-bond donors (Lipinski definition) is 1. The van der Waals surface area contributed by atoms with Gasteiger partial charge in [-0.2, -0.15) is 0 Å². The first-order chi connectivity index (χ1) is 8.45. The van der Waals surface area contributed by atoms with Crippen LogP contribution in [0.3, 0.4) is 0 Å². The fourth-order valence-electron chi connectivity index (χ4n) is 1.86. The van der Waals surface area contributed by atoms with Gasteiger partial charge in [0.1, 0.15) is 0 Å². The molecule has 0 amide bonds. The molecule has 0 aliphatic rings. The third-order valence-corrected chi connectivity index (χ3v) is 4.95. The van der Waals surface area contributed by atoms with E-state index in [0.29, 0.717) is 5.75 Å². The average Bonchev–Trinajstić information content (AvgIpc) is 2.32.